The molecule has 0 bridgehead atoms. The largest absolute Gasteiger partial charge is 0.323 e. The van der Waals surface area contributed by atoms with E-state index in [-0.39, 0.29) is 5.82 Å². The van der Waals surface area contributed by atoms with Crippen molar-refractivity contribution in [3.8, 4) is 0 Å². The van der Waals surface area contributed by atoms with Crippen molar-refractivity contribution in [1.29, 1.82) is 0 Å². The fourth-order valence-electron chi connectivity index (χ4n) is 0.704. The van der Waals surface area contributed by atoms with Crippen LogP contribution in [0.15, 0.2) is 18.2 Å². The van der Waals surface area contributed by atoms with Crippen molar-refractivity contribution < 1.29 is 10.1 Å². The average Bonchev–Trinajstić information content (AvgIpc) is 1.80. The van der Waals surface area contributed by atoms with Gasteiger partial charge in [0.05, 0.1) is 0 Å². The molecule has 1 aromatic rings. The first kappa shape index (κ1) is 6.23. The SMILES string of the molecule is Cc1ccc(F)c([NH3+])c1. The Bertz CT molecular complexity index is 220. The molecule has 0 aromatic heterocycles. The Labute approximate surface area is 53.3 Å². The van der Waals surface area contributed by atoms with Crippen LogP contribution in [0.4, 0.5) is 10.1 Å². The minimum absolute atomic E-state index is 0.236. The molecule has 0 saturated heterocycles. The molecule has 2 heteroatoms. The van der Waals surface area contributed by atoms with E-state index in [0.717, 1.165) is 5.56 Å². The number of quaternary nitrogens is 1. The lowest BCUT2D eigenvalue weighted by atomic mass is 10.2. The van der Waals surface area contributed by atoms with Gasteiger partial charge in [0.2, 0.25) is 0 Å². The third kappa shape index (κ3) is 1.27. The fraction of sp³-hybridized carbons (Fsp3) is 0.143. The lowest BCUT2D eigenvalue weighted by molar-refractivity contribution is -0.258. The molecular weight excluding hydrogens is 117 g/mol. The third-order valence-electron chi connectivity index (χ3n) is 1.20. The zero-order valence-electron chi connectivity index (χ0n) is 5.32. The van der Waals surface area contributed by atoms with Crippen molar-refractivity contribution in [3.05, 3.63) is 29.6 Å². The smallest absolute Gasteiger partial charge is 0.183 e. The Morgan fingerprint density at radius 2 is 2.11 bits per heavy atom. The number of aryl methyl sites for hydroxylation is 1. The van der Waals surface area contributed by atoms with E-state index in [2.05, 4.69) is 5.73 Å². The van der Waals surface area contributed by atoms with E-state index in [1.165, 1.54) is 6.07 Å². The highest BCUT2D eigenvalue weighted by Crippen LogP contribution is 2.08. The van der Waals surface area contributed by atoms with Crippen molar-refractivity contribution in [2.24, 2.45) is 0 Å². The number of hydrogen-bond acceptors (Lipinski definition) is 0. The molecule has 9 heavy (non-hydrogen) atoms. The molecule has 0 heterocycles. The molecule has 0 saturated carbocycles. The van der Waals surface area contributed by atoms with Gasteiger partial charge in [0.25, 0.3) is 0 Å². The monoisotopic (exact) mass is 126 g/mol. The lowest BCUT2D eigenvalue weighted by Gasteiger charge is -1.91. The van der Waals surface area contributed by atoms with E-state index in [4.69, 9.17) is 0 Å². The molecule has 3 N–H and O–H groups in total. The van der Waals surface area contributed by atoms with E-state index in [0.29, 0.717) is 5.69 Å². The molecule has 1 aromatic carbocycles. The van der Waals surface area contributed by atoms with Crippen LogP contribution < -0.4 is 5.73 Å². The zero-order valence-corrected chi connectivity index (χ0v) is 5.32. The fourth-order valence-corrected chi connectivity index (χ4v) is 0.704. The summed E-state index contributed by atoms with van der Waals surface area (Å²) in [4.78, 5) is 0. The van der Waals surface area contributed by atoms with E-state index in [1.54, 1.807) is 12.1 Å². The second kappa shape index (κ2) is 2.15. The number of rotatable bonds is 0. The van der Waals surface area contributed by atoms with Gasteiger partial charge in [-0.3, -0.25) is 0 Å². The van der Waals surface area contributed by atoms with Crippen molar-refractivity contribution in [2.45, 2.75) is 6.92 Å². The number of benzene rings is 1. The van der Waals surface area contributed by atoms with Gasteiger partial charge in [0.15, 0.2) is 11.5 Å². The van der Waals surface area contributed by atoms with Gasteiger partial charge >= 0.3 is 0 Å². The van der Waals surface area contributed by atoms with Crippen LogP contribution in [0.25, 0.3) is 0 Å². The van der Waals surface area contributed by atoms with E-state index in [1.807, 2.05) is 6.92 Å². The minimum atomic E-state index is -0.236. The summed E-state index contributed by atoms with van der Waals surface area (Å²) in [6, 6.07) is 4.87. The highest BCUT2D eigenvalue weighted by Gasteiger charge is 1.97. The van der Waals surface area contributed by atoms with Gasteiger partial charge in [-0.25, -0.2) is 4.39 Å². The van der Waals surface area contributed by atoms with E-state index < -0.39 is 0 Å². The molecule has 0 atom stereocenters. The van der Waals surface area contributed by atoms with Crippen LogP contribution >= 0.6 is 0 Å². The van der Waals surface area contributed by atoms with Crippen molar-refractivity contribution in [2.75, 3.05) is 0 Å². The van der Waals surface area contributed by atoms with E-state index >= 15 is 0 Å². The summed E-state index contributed by atoms with van der Waals surface area (Å²) in [6.07, 6.45) is 0. The summed E-state index contributed by atoms with van der Waals surface area (Å²) in [5.41, 5.74) is 5.02. The lowest BCUT2D eigenvalue weighted by Crippen LogP contribution is -2.41. The van der Waals surface area contributed by atoms with Gasteiger partial charge in [-0.15, -0.1) is 0 Å². The first-order valence-electron chi connectivity index (χ1n) is 2.78. The number of halogens is 1. The first-order chi connectivity index (χ1) is 4.20. The van der Waals surface area contributed by atoms with Crippen molar-refractivity contribution >= 4 is 5.69 Å². The highest BCUT2D eigenvalue weighted by atomic mass is 19.1. The van der Waals surface area contributed by atoms with Crippen molar-refractivity contribution in [3.63, 3.8) is 0 Å². The molecule has 0 aliphatic carbocycles. The average molecular weight is 126 g/mol. The quantitative estimate of drug-likeness (QED) is 0.537. The Kier molecular flexibility index (Phi) is 1.49. The molecule has 1 nitrogen and oxygen atoms in total. The molecule has 0 radical (unpaired) electrons. The molecule has 48 valence electrons. The molecule has 0 fully saturated rings. The standard InChI is InChI=1S/C7H8FN/c1-5-2-3-6(8)7(9)4-5/h2-4H,9H2,1H3/p+1. The van der Waals surface area contributed by atoms with Crippen LogP contribution in [0.3, 0.4) is 0 Å². The second-order valence-corrected chi connectivity index (χ2v) is 2.09. The molecule has 0 aliphatic heterocycles. The maximum absolute atomic E-state index is 12.4. The second-order valence-electron chi connectivity index (χ2n) is 2.09. The van der Waals surface area contributed by atoms with Crippen LogP contribution in [0, 0.1) is 12.7 Å². The maximum atomic E-state index is 12.4. The van der Waals surface area contributed by atoms with Gasteiger partial charge in [0, 0.05) is 6.07 Å². The van der Waals surface area contributed by atoms with Gasteiger partial charge in [-0.2, -0.15) is 0 Å². The van der Waals surface area contributed by atoms with Crippen LogP contribution in [0.5, 0.6) is 0 Å². The van der Waals surface area contributed by atoms with Gasteiger partial charge in [0.1, 0.15) is 0 Å². The van der Waals surface area contributed by atoms with Crippen LogP contribution in [0.1, 0.15) is 5.56 Å². The predicted molar refractivity (Wildman–Crippen MR) is 33.7 cm³/mol. The summed E-state index contributed by atoms with van der Waals surface area (Å²) < 4.78 is 12.4. The zero-order chi connectivity index (χ0) is 6.85. The van der Waals surface area contributed by atoms with Crippen LogP contribution in [-0.4, -0.2) is 0 Å². The maximum Gasteiger partial charge on any atom is 0.183 e. The Morgan fingerprint density at radius 1 is 1.44 bits per heavy atom. The summed E-state index contributed by atoms with van der Waals surface area (Å²) >= 11 is 0. The highest BCUT2D eigenvalue weighted by molar-refractivity contribution is 5.33. The van der Waals surface area contributed by atoms with E-state index in [9.17, 15) is 4.39 Å². The Morgan fingerprint density at radius 3 is 2.56 bits per heavy atom. The minimum Gasteiger partial charge on any atom is -0.323 e. The summed E-state index contributed by atoms with van der Waals surface area (Å²) in [7, 11) is 0. The van der Waals surface area contributed by atoms with Crippen LogP contribution in [-0.2, 0) is 0 Å². The molecule has 1 rings (SSSR count). The molecule has 0 amide bonds. The summed E-state index contributed by atoms with van der Waals surface area (Å²) in [5, 5.41) is 0. The Hall–Kier alpha value is -0.890. The molecular formula is C7H9FN+. The molecule has 0 unspecified atom stereocenters. The number of hydrogen-bond donors (Lipinski definition) is 1. The topological polar surface area (TPSA) is 27.6 Å². The molecule has 0 aliphatic rings. The summed E-state index contributed by atoms with van der Waals surface area (Å²) in [6.45, 7) is 1.91. The first-order valence-corrected chi connectivity index (χ1v) is 2.78. The Balaban J connectivity index is 3.17. The van der Waals surface area contributed by atoms with Crippen molar-refractivity contribution in [1.82, 2.24) is 0 Å². The van der Waals surface area contributed by atoms with Gasteiger partial charge in [-0.05, 0) is 18.6 Å². The van der Waals surface area contributed by atoms with Gasteiger partial charge < -0.3 is 5.73 Å². The molecule has 0 spiro atoms. The van der Waals surface area contributed by atoms with Crippen LogP contribution in [0.2, 0.25) is 0 Å². The third-order valence-corrected chi connectivity index (χ3v) is 1.20. The van der Waals surface area contributed by atoms with Gasteiger partial charge in [-0.1, -0.05) is 6.07 Å². The summed E-state index contributed by atoms with van der Waals surface area (Å²) in [5.74, 6) is -0.236. The predicted octanol–water partition coefficient (Wildman–Crippen LogP) is 1.01. The normalized spacial score (nSPS) is 9.67.